The van der Waals surface area contributed by atoms with Crippen molar-refractivity contribution in [3.05, 3.63) is 95.2 Å². The van der Waals surface area contributed by atoms with Crippen molar-refractivity contribution in [1.82, 2.24) is 24.8 Å². The molecule has 0 saturated heterocycles. The van der Waals surface area contributed by atoms with Gasteiger partial charge in [0.2, 0.25) is 0 Å². The molecule has 336 valence electrons. The molecule has 1 aliphatic heterocycles. The Morgan fingerprint density at radius 3 is 2.59 bits per heavy atom. The van der Waals surface area contributed by atoms with Crippen LogP contribution in [0.25, 0.3) is 5.57 Å². The number of amides is 1. The summed E-state index contributed by atoms with van der Waals surface area (Å²) in [7, 11) is -2.68. The van der Waals surface area contributed by atoms with Crippen LogP contribution >= 0.6 is 0 Å². The number of hydrogen-bond acceptors (Lipinski definition) is 11. The minimum atomic E-state index is -2.68. The molecule has 14 nitrogen and oxygen atoms in total. The summed E-state index contributed by atoms with van der Waals surface area (Å²) in [6, 6.07) is 10.5. The highest BCUT2D eigenvalue weighted by Gasteiger charge is 2.55. The molecule has 3 saturated carbocycles. The third-order valence-electron chi connectivity index (χ3n) is 13.6. The number of nitrogens with zero attached hydrogens (tertiary/aromatic N) is 6. The molecule has 0 spiro atoms. The summed E-state index contributed by atoms with van der Waals surface area (Å²) in [4.78, 5) is 22.1. The highest BCUT2D eigenvalue weighted by molar-refractivity contribution is 6.41. The summed E-state index contributed by atoms with van der Waals surface area (Å²) < 4.78 is 52.7. The van der Waals surface area contributed by atoms with E-state index in [1.165, 1.54) is 31.0 Å². The number of aromatic nitrogens is 4. The average molecular weight is 870 g/mol. The zero-order valence-electron chi connectivity index (χ0n) is 36.0. The lowest BCUT2D eigenvalue weighted by molar-refractivity contribution is -0.125. The van der Waals surface area contributed by atoms with E-state index in [9.17, 15) is 18.5 Å². The minimum Gasteiger partial charge on any atom is -0.487 e. The van der Waals surface area contributed by atoms with Crippen molar-refractivity contribution in [2.24, 2.45) is 39.2 Å². The second kappa shape index (κ2) is 21.1. The number of halogens is 2. The number of nitrogens with one attached hydrogen (secondary N) is 1. The van der Waals surface area contributed by atoms with Crippen LogP contribution in [0.4, 0.5) is 8.63 Å². The van der Waals surface area contributed by atoms with Crippen LogP contribution < -0.4 is 10.1 Å². The van der Waals surface area contributed by atoms with Gasteiger partial charge < -0.3 is 38.7 Å². The Labute approximate surface area is 367 Å². The van der Waals surface area contributed by atoms with Crippen molar-refractivity contribution in [2.75, 3.05) is 52.8 Å². The molecular weight excluding hydrogens is 811 g/mol. The van der Waals surface area contributed by atoms with Gasteiger partial charge in [-0.05, 0) is 135 Å². The molecule has 3 heterocycles. The van der Waals surface area contributed by atoms with Crippen LogP contribution in [0.5, 0.6) is 5.75 Å². The van der Waals surface area contributed by atoms with E-state index in [1.54, 1.807) is 53.5 Å². The molecule has 1 amide bonds. The fourth-order valence-electron chi connectivity index (χ4n) is 10.5. The lowest BCUT2D eigenvalue weighted by atomic mass is 9.52. The Bertz CT molecular complexity index is 2160. The molecule has 2 N–H and O–H groups in total. The van der Waals surface area contributed by atoms with Gasteiger partial charge in [-0.3, -0.25) is 18.4 Å². The molecule has 3 aromatic rings. The van der Waals surface area contributed by atoms with Crippen molar-refractivity contribution in [3.8, 4) is 5.75 Å². The number of hydrogen-bond donors (Lipinski definition) is 2. The minimum absolute atomic E-state index is 0.112. The Kier molecular flexibility index (Phi) is 15.0. The number of ether oxygens (including phenoxy) is 4. The average Bonchev–Trinajstić information content (AvgIpc) is 4.13. The predicted molar refractivity (Wildman–Crippen MR) is 234 cm³/mol. The van der Waals surface area contributed by atoms with Crippen LogP contribution in [0.1, 0.15) is 75.2 Å². The summed E-state index contributed by atoms with van der Waals surface area (Å²) in [6.07, 6.45) is 19.2. The number of aliphatic hydroxyl groups excluding tert-OH is 1. The molecule has 3 fully saturated rings. The molecule has 4 aliphatic carbocycles. The van der Waals surface area contributed by atoms with Gasteiger partial charge in [0.05, 0.1) is 69.9 Å². The van der Waals surface area contributed by atoms with Crippen LogP contribution in [0.2, 0.25) is 0 Å². The lowest BCUT2D eigenvalue weighted by Crippen LogP contribution is -2.47. The normalized spacial score (nSPS) is 26.3. The summed E-state index contributed by atoms with van der Waals surface area (Å²) in [5, 5.41) is 26.1. The third-order valence-corrected chi connectivity index (χ3v) is 13.6. The fourth-order valence-corrected chi connectivity index (χ4v) is 10.5. The number of aliphatic hydroxyl groups is 1. The molecule has 8 rings (SSSR count). The topological polar surface area (TPSA) is 156 Å². The number of allylic oxidation sites excluding steroid dienone is 4. The maximum atomic E-state index is 13.7. The van der Waals surface area contributed by atoms with Crippen LogP contribution in [-0.2, 0) is 37.0 Å². The molecular formula is C46H58BF2N7O7. The zero-order chi connectivity index (χ0) is 43.6. The molecule has 0 bridgehead atoms. The Morgan fingerprint density at radius 2 is 1.79 bits per heavy atom. The van der Waals surface area contributed by atoms with Crippen LogP contribution in [-0.4, -0.2) is 109 Å². The number of rotatable bonds is 21. The first-order chi connectivity index (χ1) is 30.8. The van der Waals surface area contributed by atoms with Crippen molar-refractivity contribution in [1.29, 1.82) is 0 Å². The number of benzene rings is 1. The van der Waals surface area contributed by atoms with Gasteiger partial charge in [0.1, 0.15) is 18.1 Å². The molecule has 2 aromatic heterocycles. The monoisotopic (exact) mass is 869 g/mol. The molecule has 5 aliphatic rings. The first kappa shape index (κ1) is 44.6. The number of carbonyl (C=O) groups excluding carboxylic acids is 1. The van der Waals surface area contributed by atoms with E-state index >= 15 is 0 Å². The van der Waals surface area contributed by atoms with Crippen molar-refractivity contribution in [2.45, 2.75) is 77.5 Å². The van der Waals surface area contributed by atoms with Crippen LogP contribution in [0.3, 0.4) is 0 Å². The van der Waals surface area contributed by atoms with Gasteiger partial charge in [0, 0.05) is 24.0 Å². The van der Waals surface area contributed by atoms with E-state index in [0.29, 0.717) is 93.0 Å². The first-order valence-electron chi connectivity index (χ1n) is 22.4. The highest BCUT2D eigenvalue weighted by Crippen LogP contribution is 2.61. The van der Waals surface area contributed by atoms with Gasteiger partial charge in [0.25, 0.3) is 5.91 Å². The van der Waals surface area contributed by atoms with E-state index in [1.807, 2.05) is 12.1 Å². The third kappa shape index (κ3) is 10.9. The van der Waals surface area contributed by atoms with E-state index in [0.717, 1.165) is 59.7 Å². The maximum Gasteiger partial charge on any atom is 0.677 e. The van der Waals surface area contributed by atoms with Gasteiger partial charge >= 0.3 is 7.40 Å². The number of carbonyl (C=O) groups is 1. The molecule has 0 unspecified atom stereocenters. The standard InChI is InChI=1S/C46H58BF2N7O7/c1-46-17-16-38-37-13-9-34(28-33(37)8-12-39(38)40(46)14-15-43(46)57)53-63-31-44(58)51-19-22-59-24-26-61-27-25-60-23-21-55-29-35(52-54-55)30-62-36-10-6-32(7-11-36)45(41-4-2-18-50-41)42-5-3-20-56(42)47(48)49/h2-7,10-11,18,20,28-29,37-40,43,57H,8-9,12-17,19,21-27,30-31H2,1H3,(H,51,58)/b45-41+,53-34-/t37-,38+,39+,40-,43-,46-/m0/s1. The van der Waals surface area contributed by atoms with Gasteiger partial charge in [-0.15, -0.1) is 5.10 Å². The SMILES string of the molecule is C[C@]12CC[C@H]3[C@@H](CCC4=C/C(=N\OCC(=O)NCCOCCOCCOCCn5cc(COc6ccc(/C(=C7/C=CC=N7)c7cccn7B(F)F)cc6)nn5)CC[C@@H]43)[C@@H]1CC[C@@H]2O. The van der Waals surface area contributed by atoms with Gasteiger partial charge in [0.15, 0.2) is 6.61 Å². The smallest absolute Gasteiger partial charge is 0.487 e. The quantitative estimate of drug-likeness (QED) is 0.0713. The van der Waals surface area contributed by atoms with Gasteiger partial charge in [-0.1, -0.05) is 35.0 Å². The summed E-state index contributed by atoms with van der Waals surface area (Å²) in [5.74, 6) is 3.10. The second-order valence-electron chi connectivity index (χ2n) is 17.3. The van der Waals surface area contributed by atoms with Gasteiger partial charge in [-0.2, -0.15) is 0 Å². The van der Waals surface area contributed by atoms with E-state index in [2.05, 4.69) is 38.8 Å². The summed E-state index contributed by atoms with van der Waals surface area (Å²) >= 11 is 0. The zero-order valence-corrected chi connectivity index (χ0v) is 36.0. The molecule has 17 heteroatoms. The number of oxime groups is 1. The van der Waals surface area contributed by atoms with Crippen molar-refractivity contribution < 1.29 is 42.3 Å². The fraction of sp³-hybridized carbons (Fsp3) is 0.543. The Morgan fingerprint density at radius 1 is 0.984 bits per heavy atom. The van der Waals surface area contributed by atoms with Crippen LogP contribution in [0, 0.1) is 29.1 Å². The number of fused-ring (bicyclic) bond motifs is 5. The van der Waals surface area contributed by atoms with Crippen molar-refractivity contribution >= 4 is 30.8 Å². The van der Waals surface area contributed by atoms with Crippen LogP contribution in [0.15, 0.2) is 88.4 Å². The van der Waals surface area contributed by atoms with E-state index in [4.69, 9.17) is 23.8 Å². The summed E-state index contributed by atoms with van der Waals surface area (Å²) in [6.45, 7) is 5.72. The molecule has 6 atom stereocenters. The van der Waals surface area contributed by atoms with Gasteiger partial charge in [-0.25, -0.2) is 4.68 Å². The largest absolute Gasteiger partial charge is 0.677 e. The van der Waals surface area contributed by atoms with E-state index in [-0.39, 0.29) is 30.6 Å². The predicted octanol–water partition coefficient (Wildman–Crippen LogP) is 6.30. The maximum absolute atomic E-state index is 13.7. The summed E-state index contributed by atoms with van der Waals surface area (Å²) in [5.41, 5.74) is 5.51. The Balaban J connectivity index is 0.635. The molecule has 63 heavy (non-hydrogen) atoms. The number of aliphatic imine (C=N–C) groups is 1. The highest BCUT2D eigenvalue weighted by atomic mass is 19.2. The Hall–Kier alpha value is -4.97. The van der Waals surface area contributed by atoms with Crippen molar-refractivity contribution in [3.63, 3.8) is 0 Å². The lowest BCUT2D eigenvalue weighted by Gasteiger charge is -2.53. The van der Waals surface area contributed by atoms with E-state index < -0.39 is 7.40 Å². The molecule has 0 radical (unpaired) electrons. The first-order valence-corrected chi connectivity index (χ1v) is 22.4. The molecule has 1 aromatic carbocycles. The second-order valence-corrected chi connectivity index (χ2v) is 17.3.